The molecule has 1 aromatic heterocycles. The van der Waals surface area contributed by atoms with Gasteiger partial charge in [-0.25, -0.2) is 0 Å². The number of piperidine rings is 1. The molecule has 3 N–H and O–H groups in total. The monoisotopic (exact) mass is 335 g/mol. The van der Waals surface area contributed by atoms with Crippen LogP contribution in [0.3, 0.4) is 0 Å². The maximum Gasteiger partial charge on any atom is 0.254 e. The van der Waals surface area contributed by atoms with Crippen molar-refractivity contribution in [1.82, 2.24) is 9.88 Å². The van der Waals surface area contributed by atoms with Crippen molar-refractivity contribution in [3.63, 3.8) is 0 Å². The Morgan fingerprint density at radius 2 is 2.13 bits per heavy atom. The normalized spacial score (nSPS) is 19.2. The van der Waals surface area contributed by atoms with Crippen molar-refractivity contribution in [2.45, 2.75) is 25.8 Å². The van der Waals surface area contributed by atoms with E-state index in [1.165, 1.54) is 6.07 Å². The number of aromatic amines is 1. The molecule has 23 heavy (non-hydrogen) atoms. The summed E-state index contributed by atoms with van der Waals surface area (Å²) in [6.07, 6.45) is 2.01. The molecule has 124 valence electrons. The second-order valence-corrected chi connectivity index (χ2v) is 6.11. The number of likely N-dealkylation sites (tertiary alicyclic amines) is 1. The first kappa shape index (κ1) is 17.5. The third kappa shape index (κ3) is 3.57. The van der Waals surface area contributed by atoms with Crippen LogP contribution in [0.2, 0.25) is 0 Å². The Hall–Kier alpha value is -1.85. The number of carbonyl (C=O) groups is 1. The highest BCUT2D eigenvalue weighted by Gasteiger charge is 2.27. The predicted molar refractivity (Wildman–Crippen MR) is 94.1 cm³/mol. The van der Waals surface area contributed by atoms with Crippen molar-refractivity contribution >= 4 is 29.2 Å². The van der Waals surface area contributed by atoms with Gasteiger partial charge in [-0.2, -0.15) is 0 Å². The van der Waals surface area contributed by atoms with Crippen LogP contribution < -0.4 is 11.3 Å². The van der Waals surface area contributed by atoms with E-state index in [0.717, 1.165) is 24.8 Å². The molecule has 1 saturated heterocycles. The van der Waals surface area contributed by atoms with E-state index in [1.807, 2.05) is 36.1 Å². The highest BCUT2D eigenvalue weighted by molar-refractivity contribution is 6.05. The van der Waals surface area contributed by atoms with Gasteiger partial charge in [0.1, 0.15) is 0 Å². The third-order valence-corrected chi connectivity index (χ3v) is 4.47. The van der Waals surface area contributed by atoms with Crippen molar-refractivity contribution < 1.29 is 4.79 Å². The average molecular weight is 336 g/mol. The molecule has 5 nitrogen and oxygen atoms in total. The van der Waals surface area contributed by atoms with Gasteiger partial charge < -0.3 is 15.6 Å². The van der Waals surface area contributed by atoms with Crippen molar-refractivity contribution in [2.24, 2.45) is 11.7 Å². The van der Waals surface area contributed by atoms with Crippen LogP contribution in [0, 0.1) is 5.92 Å². The molecule has 0 radical (unpaired) electrons. The maximum absolute atomic E-state index is 12.9. The lowest BCUT2D eigenvalue weighted by molar-refractivity contribution is 0.0663. The lowest BCUT2D eigenvalue weighted by Crippen LogP contribution is -2.45. The Kier molecular flexibility index (Phi) is 5.44. The summed E-state index contributed by atoms with van der Waals surface area (Å²) in [7, 11) is 0. The summed E-state index contributed by atoms with van der Waals surface area (Å²) in [5, 5.41) is 0.787. The lowest BCUT2D eigenvalue weighted by atomic mass is 9.91. The van der Waals surface area contributed by atoms with Gasteiger partial charge in [0.15, 0.2) is 0 Å². The van der Waals surface area contributed by atoms with Crippen molar-refractivity contribution in [3.8, 4) is 0 Å². The number of hydrogen-bond acceptors (Lipinski definition) is 3. The number of aromatic nitrogens is 1. The minimum atomic E-state index is -0.247. The summed E-state index contributed by atoms with van der Waals surface area (Å²) in [6.45, 7) is 3.38. The van der Waals surface area contributed by atoms with Gasteiger partial charge in [0, 0.05) is 36.1 Å². The molecule has 1 aliphatic rings. The van der Waals surface area contributed by atoms with Gasteiger partial charge in [0.05, 0.1) is 5.56 Å². The summed E-state index contributed by atoms with van der Waals surface area (Å²) in [5.74, 6) is 0.249. The molecule has 2 heterocycles. The number of H-pyrrole nitrogens is 1. The first-order valence-corrected chi connectivity index (χ1v) is 7.73. The Balaban J connectivity index is 0.00000192. The van der Waals surface area contributed by atoms with E-state index in [2.05, 4.69) is 4.98 Å². The predicted octanol–water partition coefficient (Wildman–Crippen LogP) is 2.15. The van der Waals surface area contributed by atoms with E-state index in [1.54, 1.807) is 0 Å². The molecule has 2 aromatic rings. The van der Waals surface area contributed by atoms with E-state index >= 15 is 0 Å². The molecule has 1 amide bonds. The number of rotatable bonds is 2. The van der Waals surface area contributed by atoms with Crippen LogP contribution in [0.1, 0.15) is 30.1 Å². The summed E-state index contributed by atoms with van der Waals surface area (Å²) >= 11 is 0. The lowest BCUT2D eigenvalue weighted by Gasteiger charge is -2.34. The number of carbonyl (C=O) groups excluding carboxylic acids is 1. The molecule has 3 rings (SSSR count). The quantitative estimate of drug-likeness (QED) is 0.882. The maximum atomic E-state index is 12.9. The van der Waals surface area contributed by atoms with Crippen LogP contribution in [0.15, 0.2) is 35.1 Å². The van der Waals surface area contributed by atoms with Gasteiger partial charge in [-0.3, -0.25) is 9.59 Å². The molecule has 2 unspecified atom stereocenters. The van der Waals surface area contributed by atoms with Crippen LogP contribution in [0.5, 0.6) is 0 Å². The number of nitrogens with two attached hydrogens (primary N) is 1. The van der Waals surface area contributed by atoms with Crippen molar-refractivity contribution in [2.75, 3.05) is 13.1 Å². The molecule has 0 spiro atoms. The van der Waals surface area contributed by atoms with Gasteiger partial charge >= 0.3 is 0 Å². The minimum Gasteiger partial charge on any atom is -0.338 e. The number of nitrogens with one attached hydrogen (secondary N) is 1. The molecule has 2 atom stereocenters. The van der Waals surface area contributed by atoms with E-state index in [9.17, 15) is 9.59 Å². The average Bonchev–Trinajstić information content (AvgIpc) is 2.53. The fourth-order valence-corrected chi connectivity index (χ4v) is 3.18. The SMILES string of the molecule is CC(N)C1CCCN(C(=O)c2cc(=O)[nH]c3ccccc23)C1.Cl. The van der Waals surface area contributed by atoms with Crippen LogP contribution in [0.4, 0.5) is 0 Å². The van der Waals surface area contributed by atoms with Crippen LogP contribution >= 0.6 is 12.4 Å². The van der Waals surface area contributed by atoms with Gasteiger partial charge in [-0.15, -0.1) is 12.4 Å². The zero-order valence-corrected chi connectivity index (χ0v) is 13.9. The van der Waals surface area contributed by atoms with Crippen LogP contribution in [-0.4, -0.2) is 34.9 Å². The molecule has 6 heteroatoms. The van der Waals surface area contributed by atoms with Crippen molar-refractivity contribution in [3.05, 3.63) is 46.2 Å². The molecule has 0 aliphatic carbocycles. The fraction of sp³-hybridized carbons (Fsp3) is 0.412. The molecule has 1 fully saturated rings. The molecule has 1 aliphatic heterocycles. The topological polar surface area (TPSA) is 79.2 Å². The molecule has 0 saturated carbocycles. The highest BCUT2D eigenvalue weighted by Crippen LogP contribution is 2.22. The Bertz CT molecular complexity index is 757. The molecular formula is C17H22ClN3O2. The zero-order chi connectivity index (χ0) is 15.7. The number of benzene rings is 1. The smallest absolute Gasteiger partial charge is 0.254 e. The number of para-hydroxylation sites is 1. The Labute approximate surface area is 141 Å². The fourth-order valence-electron chi connectivity index (χ4n) is 3.18. The number of halogens is 1. The van der Waals surface area contributed by atoms with E-state index in [4.69, 9.17) is 5.73 Å². The first-order chi connectivity index (χ1) is 10.6. The van der Waals surface area contributed by atoms with Gasteiger partial charge in [-0.1, -0.05) is 18.2 Å². The van der Waals surface area contributed by atoms with Crippen LogP contribution in [0.25, 0.3) is 10.9 Å². The van der Waals surface area contributed by atoms with E-state index in [-0.39, 0.29) is 29.9 Å². The summed E-state index contributed by atoms with van der Waals surface area (Å²) in [6, 6.07) is 8.88. The number of fused-ring (bicyclic) bond motifs is 1. The highest BCUT2D eigenvalue weighted by atomic mass is 35.5. The standard InChI is InChI=1S/C17H21N3O2.ClH/c1-11(18)12-5-4-8-20(10-12)17(22)14-9-16(21)19-15-7-3-2-6-13(14)15;/h2-3,6-7,9,11-12H,4-5,8,10,18H2,1H3,(H,19,21);1H. The molecular weight excluding hydrogens is 314 g/mol. The molecule has 0 bridgehead atoms. The van der Waals surface area contributed by atoms with Gasteiger partial charge in [-0.05, 0) is 31.7 Å². The van der Waals surface area contributed by atoms with Gasteiger partial charge in [0.2, 0.25) is 5.56 Å². The molecule has 1 aromatic carbocycles. The third-order valence-electron chi connectivity index (χ3n) is 4.47. The summed E-state index contributed by atoms with van der Waals surface area (Å²) < 4.78 is 0. The number of amides is 1. The van der Waals surface area contributed by atoms with E-state index < -0.39 is 0 Å². The number of nitrogens with zero attached hydrogens (tertiary/aromatic N) is 1. The second kappa shape index (κ2) is 7.15. The van der Waals surface area contributed by atoms with Crippen LogP contribution in [-0.2, 0) is 0 Å². The number of pyridine rings is 1. The summed E-state index contributed by atoms with van der Waals surface area (Å²) in [4.78, 5) is 29.3. The zero-order valence-electron chi connectivity index (χ0n) is 13.1. The summed E-state index contributed by atoms with van der Waals surface area (Å²) in [5.41, 5.74) is 6.91. The van der Waals surface area contributed by atoms with Crippen molar-refractivity contribution in [1.29, 1.82) is 0 Å². The second-order valence-electron chi connectivity index (χ2n) is 6.11. The number of hydrogen-bond donors (Lipinski definition) is 2. The Morgan fingerprint density at radius 1 is 1.39 bits per heavy atom. The minimum absolute atomic E-state index is 0. The van der Waals surface area contributed by atoms with Gasteiger partial charge in [0.25, 0.3) is 5.91 Å². The van der Waals surface area contributed by atoms with E-state index in [0.29, 0.717) is 23.5 Å². The first-order valence-electron chi connectivity index (χ1n) is 7.73. The Morgan fingerprint density at radius 3 is 2.87 bits per heavy atom. The largest absolute Gasteiger partial charge is 0.338 e.